The van der Waals surface area contributed by atoms with Crippen LogP contribution in [-0.2, 0) is 4.74 Å². The number of ether oxygens (including phenoxy) is 1. The van der Waals surface area contributed by atoms with Gasteiger partial charge in [-0.15, -0.1) is 0 Å². The number of methoxy groups -OCH3 is 1. The molecule has 0 N–H and O–H groups in total. The van der Waals surface area contributed by atoms with E-state index in [2.05, 4.69) is 20.7 Å². The van der Waals surface area contributed by atoms with Gasteiger partial charge >= 0.3 is 5.97 Å². The van der Waals surface area contributed by atoms with Crippen molar-refractivity contribution >= 4 is 29.7 Å². The Bertz CT molecular complexity index is 312. The van der Waals surface area contributed by atoms with Crippen molar-refractivity contribution in [2.45, 2.75) is 4.73 Å². The van der Waals surface area contributed by atoms with Crippen LogP contribution in [0.2, 0.25) is 0 Å². The maximum absolute atomic E-state index is 11.2. The summed E-state index contributed by atoms with van der Waals surface area (Å²) in [5.41, 5.74) is 1.66. The van der Waals surface area contributed by atoms with E-state index in [9.17, 15) is 4.79 Å². The van der Waals surface area contributed by atoms with E-state index in [-0.39, 0.29) is 10.7 Å². The lowest BCUT2D eigenvalue weighted by Gasteiger charge is -2.05. The Hall–Kier alpha value is -0.765. The number of esters is 1. The fourth-order valence-corrected chi connectivity index (χ4v) is 1.32. The summed E-state index contributed by atoms with van der Waals surface area (Å²) >= 11 is 3.44. The minimum Gasteiger partial charge on any atom is -0.465 e. The average Bonchev–Trinajstić information content (AvgIpc) is 2.17. The molecular formula is C9H10BBrO2. The monoisotopic (exact) mass is 240 g/mol. The van der Waals surface area contributed by atoms with Gasteiger partial charge in [0.05, 0.1) is 12.7 Å². The summed E-state index contributed by atoms with van der Waals surface area (Å²) in [6.45, 7) is 0. The highest BCUT2D eigenvalue weighted by atomic mass is 79.9. The van der Waals surface area contributed by atoms with E-state index in [1.807, 2.05) is 26.0 Å². The van der Waals surface area contributed by atoms with Gasteiger partial charge in [0.25, 0.3) is 0 Å². The molecule has 0 saturated heterocycles. The highest BCUT2D eigenvalue weighted by Gasteiger charge is 2.07. The van der Waals surface area contributed by atoms with Gasteiger partial charge in [0.2, 0.25) is 0 Å². The highest BCUT2D eigenvalue weighted by Crippen LogP contribution is 2.19. The highest BCUT2D eigenvalue weighted by molar-refractivity contribution is 9.09. The van der Waals surface area contributed by atoms with Crippen LogP contribution >= 0.6 is 15.9 Å². The van der Waals surface area contributed by atoms with Crippen LogP contribution in [0.5, 0.6) is 0 Å². The normalized spacial score (nSPS) is 12.2. The summed E-state index contributed by atoms with van der Waals surface area (Å²) < 4.78 is 4.86. The maximum atomic E-state index is 11.2. The van der Waals surface area contributed by atoms with E-state index < -0.39 is 0 Å². The van der Waals surface area contributed by atoms with Crippen LogP contribution in [0.3, 0.4) is 0 Å². The summed E-state index contributed by atoms with van der Waals surface area (Å²) in [5.74, 6) is -0.296. The standard InChI is InChI=1S/C9H10BBrO2/c1-13-9(12)7-4-2-3-6(5-7)8(10)11/h2-5,8H,10H2,1H3. The minimum absolute atomic E-state index is 0.247. The molecule has 0 amide bonds. The van der Waals surface area contributed by atoms with Crippen molar-refractivity contribution in [3.8, 4) is 0 Å². The van der Waals surface area contributed by atoms with Crippen molar-refractivity contribution in [1.29, 1.82) is 0 Å². The third-order valence-electron chi connectivity index (χ3n) is 1.77. The van der Waals surface area contributed by atoms with Crippen molar-refractivity contribution in [2.24, 2.45) is 0 Å². The summed E-state index contributed by atoms with van der Waals surface area (Å²) in [7, 11) is 3.39. The Labute approximate surface area is 86.8 Å². The topological polar surface area (TPSA) is 26.3 Å². The minimum atomic E-state index is -0.296. The number of rotatable bonds is 2. The van der Waals surface area contributed by atoms with Crippen LogP contribution in [-0.4, -0.2) is 20.9 Å². The number of carbonyl (C=O) groups is 1. The van der Waals surface area contributed by atoms with E-state index in [1.165, 1.54) is 7.11 Å². The molecule has 1 rings (SSSR count). The lowest BCUT2D eigenvalue weighted by Crippen LogP contribution is -2.02. The zero-order chi connectivity index (χ0) is 9.84. The van der Waals surface area contributed by atoms with Gasteiger partial charge in [-0.05, 0) is 17.7 Å². The molecule has 68 valence electrons. The number of hydrogen-bond acceptors (Lipinski definition) is 2. The third-order valence-corrected chi connectivity index (χ3v) is 2.30. The Morgan fingerprint density at radius 2 is 2.31 bits per heavy atom. The molecular weight excluding hydrogens is 231 g/mol. The van der Waals surface area contributed by atoms with Gasteiger partial charge in [0, 0.05) is 4.73 Å². The summed E-state index contributed by atoms with van der Waals surface area (Å²) in [6.07, 6.45) is 0. The predicted octanol–water partition coefficient (Wildman–Crippen LogP) is 1.50. The second-order valence-electron chi connectivity index (χ2n) is 2.73. The van der Waals surface area contributed by atoms with E-state index in [0.717, 1.165) is 5.56 Å². The van der Waals surface area contributed by atoms with E-state index in [1.54, 1.807) is 6.07 Å². The molecule has 0 heterocycles. The Balaban J connectivity index is 2.98. The van der Waals surface area contributed by atoms with Crippen molar-refractivity contribution in [2.75, 3.05) is 7.11 Å². The maximum Gasteiger partial charge on any atom is 0.337 e. The second kappa shape index (κ2) is 4.47. The SMILES string of the molecule is BC(Br)c1cccc(C(=O)OC)c1. The van der Waals surface area contributed by atoms with E-state index >= 15 is 0 Å². The van der Waals surface area contributed by atoms with Crippen molar-refractivity contribution in [3.05, 3.63) is 35.4 Å². The third kappa shape index (κ3) is 2.59. The van der Waals surface area contributed by atoms with Gasteiger partial charge in [-0.25, -0.2) is 4.79 Å². The molecule has 1 unspecified atom stereocenters. The van der Waals surface area contributed by atoms with E-state index in [0.29, 0.717) is 5.56 Å². The molecule has 0 bridgehead atoms. The van der Waals surface area contributed by atoms with Crippen molar-refractivity contribution in [1.82, 2.24) is 0 Å². The number of hydrogen-bond donors (Lipinski definition) is 0. The molecule has 1 aromatic carbocycles. The fourth-order valence-electron chi connectivity index (χ4n) is 1.03. The summed E-state index contributed by atoms with van der Waals surface area (Å²) in [4.78, 5) is 11.2. The molecule has 0 spiro atoms. The van der Waals surface area contributed by atoms with Crippen molar-refractivity contribution in [3.63, 3.8) is 0 Å². The van der Waals surface area contributed by atoms with Gasteiger partial charge < -0.3 is 4.74 Å². The molecule has 0 aliphatic carbocycles. The summed E-state index contributed by atoms with van der Waals surface area (Å²) in [5, 5.41) is 0. The first-order chi connectivity index (χ1) is 6.15. The van der Waals surface area contributed by atoms with Crippen LogP contribution in [0.25, 0.3) is 0 Å². The molecule has 0 aliphatic heterocycles. The Morgan fingerprint density at radius 3 is 2.85 bits per heavy atom. The molecule has 1 atom stereocenters. The Morgan fingerprint density at radius 1 is 1.62 bits per heavy atom. The molecule has 0 saturated carbocycles. The van der Waals surface area contributed by atoms with Gasteiger partial charge in [0.1, 0.15) is 7.85 Å². The first-order valence-electron chi connectivity index (χ1n) is 3.97. The lowest BCUT2D eigenvalue weighted by molar-refractivity contribution is 0.0600. The number of carbonyl (C=O) groups excluding carboxylic acids is 1. The smallest absolute Gasteiger partial charge is 0.337 e. The molecule has 2 nitrogen and oxygen atoms in total. The average molecular weight is 241 g/mol. The van der Waals surface area contributed by atoms with Gasteiger partial charge in [-0.3, -0.25) is 0 Å². The molecule has 1 aromatic rings. The van der Waals surface area contributed by atoms with Crippen LogP contribution in [0, 0.1) is 0 Å². The molecule has 0 fully saturated rings. The molecule has 0 aromatic heterocycles. The second-order valence-corrected chi connectivity index (χ2v) is 4.11. The van der Waals surface area contributed by atoms with Crippen LogP contribution in [0.15, 0.2) is 24.3 Å². The molecule has 0 aliphatic rings. The summed E-state index contributed by atoms with van der Waals surface area (Å²) in [6, 6.07) is 7.38. The quantitative estimate of drug-likeness (QED) is 0.445. The first-order valence-corrected chi connectivity index (χ1v) is 4.89. The van der Waals surface area contributed by atoms with Gasteiger partial charge in [0.15, 0.2) is 0 Å². The largest absolute Gasteiger partial charge is 0.465 e. The number of halogens is 1. The molecule has 0 radical (unpaired) electrons. The molecule has 13 heavy (non-hydrogen) atoms. The zero-order valence-corrected chi connectivity index (χ0v) is 9.17. The first kappa shape index (κ1) is 10.3. The van der Waals surface area contributed by atoms with Crippen LogP contribution in [0.4, 0.5) is 0 Å². The van der Waals surface area contributed by atoms with Crippen LogP contribution < -0.4 is 0 Å². The number of alkyl halides is 1. The fraction of sp³-hybridized carbons (Fsp3) is 0.222. The Kier molecular flexibility index (Phi) is 3.54. The lowest BCUT2D eigenvalue weighted by atomic mass is 9.95. The zero-order valence-electron chi connectivity index (χ0n) is 7.58. The molecule has 4 heteroatoms. The number of benzene rings is 1. The van der Waals surface area contributed by atoms with Gasteiger partial charge in [-0.1, -0.05) is 28.1 Å². The predicted molar refractivity (Wildman–Crippen MR) is 58.0 cm³/mol. The van der Waals surface area contributed by atoms with Crippen LogP contribution in [0.1, 0.15) is 20.6 Å². The van der Waals surface area contributed by atoms with E-state index in [4.69, 9.17) is 0 Å². The van der Waals surface area contributed by atoms with Crippen molar-refractivity contribution < 1.29 is 9.53 Å². The van der Waals surface area contributed by atoms with Gasteiger partial charge in [-0.2, -0.15) is 0 Å².